The first-order chi connectivity index (χ1) is 10.3. The van der Waals surface area contributed by atoms with Gasteiger partial charge >= 0.3 is 0 Å². The Morgan fingerprint density at radius 1 is 0.810 bits per heavy atom. The maximum atomic E-state index is 3.90. The SMILES string of the molecule is CC(CNC1CCCCCCCCCCC1)N(C)C1CC1. The normalized spacial score (nSPS) is 25.3. The molecular formula is C19H38N2. The number of rotatable bonds is 5. The third-order valence-corrected chi connectivity index (χ3v) is 5.63. The molecule has 0 radical (unpaired) electrons. The fourth-order valence-electron chi connectivity index (χ4n) is 3.69. The maximum absolute atomic E-state index is 3.90. The fourth-order valence-corrected chi connectivity index (χ4v) is 3.69. The van der Waals surface area contributed by atoms with Gasteiger partial charge in [0.15, 0.2) is 0 Å². The zero-order valence-electron chi connectivity index (χ0n) is 14.6. The molecule has 21 heavy (non-hydrogen) atoms. The van der Waals surface area contributed by atoms with E-state index in [1.54, 1.807) is 0 Å². The Labute approximate surface area is 133 Å². The second kappa shape index (κ2) is 9.84. The lowest BCUT2D eigenvalue weighted by Crippen LogP contribution is -2.42. The molecule has 2 rings (SSSR count). The van der Waals surface area contributed by atoms with Gasteiger partial charge in [-0.05, 0) is 39.7 Å². The summed E-state index contributed by atoms with van der Waals surface area (Å²) in [6.07, 6.45) is 18.8. The minimum atomic E-state index is 0.693. The van der Waals surface area contributed by atoms with Crippen LogP contribution in [0.1, 0.15) is 90.4 Å². The molecule has 1 unspecified atom stereocenters. The number of nitrogens with zero attached hydrogens (tertiary/aromatic N) is 1. The largest absolute Gasteiger partial charge is 0.312 e. The van der Waals surface area contributed by atoms with Crippen molar-refractivity contribution in [2.75, 3.05) is 13.6 Å². The van der Waals surface area contributed by atoms with Crippen LogP contribution in [-0.2, 0) is 0 Å². The van der Waals surface area contributed by atoms with E-state index in [9.17, 15) is 0 Å². The Morgan fingerprint density at radius 2 is 1.29 bits per heavy atom. The van der Waals surface area contributed by atoms with Gasteiger partial charge in [-0.15, -0.1) is 0 Å². The molecule has 2 aliphatic carbocycles. The van der Waals surface area contributed by atoms with Gasteiger partial charge in [0.1, 0.15) is 0 Å². The summed E-state index contributed by atoms with van der Waals surface area (Å²) in [6, 6.07) is 2.36. The van der Waals surface area contributed by atoms with Crippen molar-refractivity contribution in [1.29, 1.82) is 0 Å². The zero-order chi connectivity index (χ0) is 14.9. The molecule has 0 saturated heterocycles. The summed E-state index contributed by atoms with van der Waals surface area (Å²) >= 11 is 0. The van der Waals surface area contributed by atoms with Gasteiger partial charge in [0, 0.05) is 24.7 Å². The summed E-state index contributed by atoms with van der Waals surface area (Å²) in [5.74, 6) is 0. The minimum absolute atomic E-state index is 0.693. The van der Waals surface area contributed by atoms with E-state index < -0.39 is 0 Å². The van der Waals surface area contributed by atoms with Gasteiger partial charge in [-0.2, -0.15) is 0 Å². The van der Waals surface area contributed by atoms with Crippen LogP contribution in [0.4, 0.5) is 0 Å². The van der Waals surface area contributed by atoms with E-state index in [0.717, 1.165) is 12.1 Å². The third-order valence-electron chi connectivity index (χ3n) is 5.63. The van der Waals surface area contributed by atoms with Gasteiger partial charge in [-0.1, -0.05) is 57.8 Å². The second-order valence-electron chi connectivity index (χ2n) is 7.61. The predicted octanol–water partition coefficient (Wildman–Crippen LogP) is 4.73. The molecule has 2 saturated carbocycles. The van der Waals surface area contributed by atoms with Crippen molar-refractivity contribution in [1.82, 2.24) is 10.2 Å². The van der Waals surface area contributed by atoms with Crippen LogP contribution in [0.25, 0.3) is 0 Å². The highest BCUT2D eigenvalue weighted by Crippen LogP contribution is 2.26. The van der Waals surface area contributed by atoms with Crippen molar-refractivity contribution in [2.45, 2.75) is 109 Å². The molecular weight excluding hydrogens is 256 g/mol. The zero-order valence-corrected chi connectivity index (χ0v) is 14.6. The number of hydrogen-bond donors (Lipinski definition) is 1. The first-order valence-electron chi connectivity index (χ1n) is 9.72. The highest BCUT2D eigenvalue weighted by Gasteiger charge is 2.29. The van der Waals surface area contributed by atoms with Crippen LogP contribution < -0.4 is 5.32 Å². The van der Waals surface area contributed by atoms with Crippen LogP contribution in [0.2, 0.25) is 0 Å². The molecule has 2 aliphatic rings. The molecule has 0 heterocycles. The Morgan fingerprint density at radius 3 is 1.76 bits per heavy atom. The Kier molecular flexibility index (Phi) is 8.10. The smallest absolute Gasteiger partial charge is 0.0192 e. The first kappa shape index (κ1) is 17.3. The first-order valence-corrected chi connectivity index (χ1v) is 9.72. The van der Waals surface area contributed by atoms with E-state index in [1.807, 2.05) is 0 Å². The summed E-state index contributed by atoms with van der Waals surface area (Å²) in [4.78, 5) is 2.59. The van der Waals surface area contributed by atoms with Crippen molar-refractivity contribution in [3.05, 3.63) is 0 Å². The predicted molar refractivity (Wildman–Crippen MR) is 92.8 cm³/mol. The molecule has 0 aliphatic heterocycles. The lowest BCUT2D eigenvalue weighted by molar-refractivity contribution is 0.231. The van der Waals surface area contributed by atoms with Crippen molar-refractivity contribution < 1.29 is 0 Å². The van der Waals surface area contributed by atoms with Gasteiger partial charge in [-0.3, -0.25) is 4.90 Å². The van der Waals surface area contributed by atoms with E-state index in [1.165, 1.54) is 90.0 Å². The van der Waals surface area contributed by atoms with Crippen molar-refractivity contribution in [3.8, 4) is 0 Å². The van der Waals surface area contributed by atoms with E-state index in [0.29, 0.717) is 6.04 Å². The molecule has 0 spiro atoms. The van der Waals surface area contributed by atoms with Crippen molar-refractivity contribution >= 4 is 0 Å². The average Bonchev–Trinajstić information content (AvgIpc) is 3.30. The molecule has 2 nitrogen and oxygen atoms in total. The minimum Gasteiger partial charge on any atom is -0.312 e. The van der Waals surface area contributed by atoms with Crippen LogP contribution >= 0.6 is 0 Å². The van der Waals surface area contributed by atoms with Gasteiger partial charge in [0.25, 0.3) is 0 Å². The van der Waals surface area contributed by atoms with Crippen LogP contribution in [-0.4, -0.2) is 36.6 Å². The Balaban J connectivity index is 1.67. The van der Waals surface area contributed by atoms with E-state index >= 15 is 0 Å². The summed E-state index contributed by atoms with van der Waals surface area (Å²) in [5.41, 5.74) is 0. The second-order valence-corrected chi connectivity index (χ2v) is 7.61. The van der Waals surface area contributed by atoms with Gasteiger partial charge in [-0.25, -0.2) is 0 Å². The molecule has 2 fully saturated rings. The van der Waals surface area contributed by atoms with E-state index in [2.05, 4.69) is 24.2 Å². The standard InChI is InChI=1S/C19H38N2/c1-17(21(2)19-14-15-19)16-20-18-12-10-8-6-4-3-5-7-9-11-13-18/h17-20H,3-16H2,1-2H3. The lowest BCUT2D eigenvalue weighted by Gasteiger charge is -2.28. The molecule has 0 amide bonds. The van der Waals surface area contributed by atoms with E-state index in [4.69, 9.17) is 0 Å². The monoisotopic (exact) mass is 294 g/mol. The van der Waals surface area contributed by atoms with Crippen molar-refractivity contribution in [3.63, 3.8) is 0 Å². The number of hydrogen-bond acceptors (Lipinski definition) is 2. The molecule has 124 valence electrons. The van der Waals surface area contributed by atoms with E-state index in [-0.39, 0.29) is 0 Å². The highest BCUT2D eigenvalue weighted by molar-refractivity contribution is 4.86. The Hall–Kier alpha value is -0.0800. The fraction of sp³-hybridized carbons (Fsp3) is 1.00. The Bertz CT molecular complexity index is 250. The quantitative estimate of drug-likeness (QED) is 0.788. The molecule has 0 aromatic heterocycles. The van der Waals surface area contributed by atoms with Crippen LogP contribution in [0.15, 0.2) is 0 Å². The topological polar surface area (TPSA) is 15.3 Å². The van der Waals surface area contributed by atoms with Crippen LogP contribution in [0.5, 0.6) is 0 Å². The summed E-state index contributed by atoms with van der Waals surface area (Å²) in [5, 5.41) is 3.90. The van der Waals surface area contributed by atoms with Crippen LogP contribution in [0, 0.1) is 0 Å². The molecule has 1 N–H and O–H groups in total. The maximum Gasteiger partial charge on any atom is 0.0192 e. The molecule has 0 aromatic carbocycles. The highest BCUT2D eigenvalue weighted by atomic mass is 15.2. The summed E-state index contributed by atoms with van der Waals surface area (Å²) in [7, 11) is 2.31. The molecule has 1 atom stereocenters. The van der Waals surface area contributed by atoms with Gasteiger partial charge in [0.2, 0.25) is 0 Å². The lowest BCUT2D eigenvalue weighted by atomic mass is 9.98. The van der Waals surface area contributed by atoms with Crippen LogP contribution in [0.3, 0.4) is 0 Å². The summed E-state index contributed by atoms with van der Waals surface area (Å²) in [6.45, 7) is 3.57. The number of likely N-dealkylation sites (N-methyl/N-ethyl adjacent to an activating group) is 1. The summed E-state index contributed by atoms with van der Waals surface area (Å²) < 4.78 is 0. The van der Waals surface area contributed by atoms with Gasteiger partial charge < -0.3 is 5.32 Å². The molecule has 0 bridgehead atoms. The third kappa shape index (κ3) is 7.15. The number of nitrogens with one attached hydrogen (secondary N) is 1. The van der Waals surface area contributed by atoms with Crippen molar-refractivity contribution in [2.24, 2.45) is 0 Å². The average molecular weight is 295 g/mol. The molecule has 0 aromatic rings. The van der Waals surface area contributed by atoms with Gasteiger partial charge in [0.05, 0.1) is 0 Å². The molecule has 2 heteroatoms.